The minimum Gasteiger partial charge on any atom is -0.462 e. The minimum atomic E-state index is -0.763. The van der Waals surface area contributed by atoms with Crippen LogP contribution < -0.4 is 0 Å². The van der Waals surface area contributed by atoms with E-state index in [0.717, 1.165) is 69.6 Å². The summed E-state index contributed by atoms with van der Waals surface area (Å²) in [6, 6.07) is 0. The molecule has 70 heavy (non-hydrogen) atoms. The van der Waals surface area contributed by atoms with E-state index in [9.17, 15) is 14.4 Å². The van der Waals surface area contributed by atoms with E-state index >= 15 is 0 Å². The fourth-order valence-corrected chi connectivity index (χ4v) is 9.90. The molecule has 2 atom stereocenters. The topological polar surface area (TPSA) is 78.9 Å². The second-order valence-electron chi connectivity index (χ2n) is 22.8. The molecule has 0 aliphatic rings. The lowest BCUT2D eigenvalue weighted by Gasteiger charge is -2.18. The highest BCUT2D eigenvalue weighted by molar-refractivity contribution is 5.71. The van der Waals surface area contributed by atoms with Crippen molar-refractivity contribution in [3.8, 4) is 0 Å². The van der Waals surface area contributed by atoms with Crippen LogP contribution in [0.2, 0.25) is 0 Å². The van der Waals surface area contributed by atoms with Crippen LogP contribution in [0.5, 0.6) is 0 Å². The highest BCUT2D eigenvalue weighted by Gasteiger charge is 2.19. The van der Waals surface area contributed by atoms with E-state index in [-0.39, 0.29) is 31.1 Å². The predicted molar refractivity (Wildman–Crippen MR) is 303 cm³/mol. The van der Waals surface area contributed by atoms with Crippen molar-refractivity contribution in [1.82, 2.24) is 0 Å². The fourth-order valence-electron chi connectivity index (χ4n) is 9.90. The summed E-state index contributed by atoms with van der Waals surface area (Å²) < 4.78 is 16.9. The van der Waals surface area contributed by atoms with Gasteiger partial charge in [0.2, 0.25) is 0 Å². The van der Waals surface area contributed by atoms with Gasteiger partial charge in [-0.2, -0.15) is 0 Å². The second kappa shape index (κ2) is 56.7. The summed E-state index contributed by atoms with van der Waals surface area (Å²) in [5.41, 5.74) is 0. The molecule has 0 spiro atoms. The van der Waals surface area contributed by atoms with Gasteiger partial charge < -0.3 is 14.2 Å². The minimum absolute atomic E-state index is 0.0619. The Balaban J connectivity index is 4.24. The van der Waals surface area contributed by atoms with Crippen LogP contribution >= 0.6 is 0 Å². The molecule has 6 nitrogen and oxygen atoms in total. The molecule has 0 heterocycles. The van der Waals surface area contributed by atoms with E-state index in [0.29, 0.717) is 19.3 Å². The van der Waals surface area contributed by atoms with Gasteiger partial charge in [-0.15, -0.1) is 0 Å². The summed E-state index contributed by atoms with van der Waals surface area (Å²) in [6.45, 7) is 11.5. The summed E-state index contributed by atoms with van der Waals surface area (Å²) in [7, 11) is 0. The molecule has 0 saturated carbocycles. The van der Waals surface area contributed by atoms with Crippen molar-refractivity contribution >= 4 is 17.9 Å². The molecule has 0 N–H and O–H groups in total. The van der Waals surface area contributed by atoms with Crippen LogP contribution in [0.4, 0.5) is 0 Å². The maximum atomic E-state index is 12.9. The van der Waals surface area contributed by atoms with Gasteiger partial charge in [0.05, 0.1) is 0 Å². The summed E-state index contributed by atoms with van der Waals surface area (Å²) in [4.78, 5) is 38.3. The van der Waals surface area contributed by atoms with E-state index < -0.39 is 6.10 Å². The Hall–Kier alpha value is -1.59. The van der Waals surface area contributed by atoms with Gasteiger partial charge in [0.15, 0.2) is 6.10 Å². The molecule has 0 saturated heterocycles. The molecule has 0 fully saturated rings. The van der Waals surface area contributed by atoms with E-state index in [4.69, 9.17) is 14.2 Å². The molecule has 0 rings (SSSR count). The highest BCUT2D eigenvalue weighted by atomic mass is 16.6. The van der Waals surface area contributed by atoms with Gasteiger partial charge in [-0.1, -0.05) is 324 Å². The van der Waals surface area contributed by atoms with Crippen molar-refractivity contribution in [2.45, 2.75) is 368 Å². The number of unbranched alkanes of at least 4 members (excludes halogenated alkanes) is 42. The molecule has 0 amide bonds. The van der Waals surface area contributed by atoms with Crippen LogP contribution in [-0.2, 0) is 28.6 Å². The van der Waals surface area contributed by atoms with Gasteiger partial charge in [-0.25, -0.2) is 0 Å². The Morgan fingerprint density at radius 3 is 0.814 bits per heavy atom. The van der Waals surface area contributed by atoms with E-state index in [1.165, 1.54) is 250 Å². The summed E-state index contributed by atoms with van der Waals surface area (Å²) in [5, 5.41) is 0. The van der Waals surface area contributed by atoms with Gasteiger partial charge in [0, 0.05) is 19.3 Å². The summed E-state index contributed by atoms with van der Waals surface area (Å²) in [6.07, 6.45) is 62.4. The van der Waals surface area contributed by atoms with Crippen LogP contribution in [0.1, 0.15) is 362 Å². The smallest absolute Gasteiger partial charge is 0.306 e. The Morgan fingerprint density at radius 1 is 0.300 bits per heavy atom. The third kappa shape index (κ3) is 55.7. The average Bonchev–Trinajstić information content (AvgIpc) is 3.35. The molecule has 0 aromatic carbocycles. The zero-order valence-corrected chi connectivity index (χ0v) is 48.2. The van der Waals surface area contributed by atoms with Crippen molar-refractivity contribution < 1.29 is 28.6 Å². The maximum absolute atomic E-state index is 12.9. The van der Waals surface area contributed by atoms with Crippen LogP contribution in [0.25, 0.3) is 0 Å². The molecule has 0 bridgehead atoms. The average molecular weight is 990 g/mol. The first kappa shape index (κ1) is 68.4. The second-order valence-corrected chi connectivity index (χ2v) is 22.8. The molecule has 416 valence electrons. The lowest BCUT2D eigenvalue weighted by Crippen LogP contribution is -2.30. The number of carbonyl (C=O) groups is 3. The normalized spacial score (nSPS) is 12.4. The van der Waals surface area contributed by atoms with Crippen molar-refractivity contribution in [2.75, 3.05) is 13.2 Å². The zero-order chi connectivity index (χ0) is 51.1. The quantitative estimate of drug-likeness (QED) is 0.0343. The van der Waals surface area contributed by atoms with Crippen LogP contribution in [-0.4, -0.2) is 37.2 Å². The lowest BCUT2D eigenvalue weighted by atomic mass is 9.99. The van der Waals surface area contributed by atoms with Crippen molar-refractivity contribution in [1.29, 1.82) is 0 Å². The highest BCUT2D eigenvalue weighted by Crippen LogP contribution is 2.19. The van der Waals surface area contributed by atoms with E-state index in [1.807, 2.05) is 0 Å². The Morgan fingerprint density at radius 2 is 0.543 bits per heavy atom. The monoisotopic (exact) mass is 989 g/mol. The molecule has 6 heteroatoms. The fraction of sp³-hybridized carbons (Fsp3) is 0.953. The van der Waals surface area contributed by atoms with Crippen molar-refractivity contribution in [2.24, 2.45) is 11.8 Å². The number of hydrogen-bond donors (Lipinski definition) is 0. The first-order valence-electron chi connectivity index (χ1n) is 31.8. The van der Waals surface area contributed by atoms with E-state index in [2.05, 4.69) is 34.6 Å². The number of rotatable bonds is 58. The van der Waals surface area contributed by atoms with Crippen LogP contribution in [0, 0.1) is 11.8 Å². The standard InChI is InChI=1S/C64H124O6/c1-6-8-9-10-11-12-13-22-29-34-39-44-49-54-62(65)68-57-61(70-64(67)56-51-46-41-36-31-26-21-20-23-27-32-37-42-47-52-59(3)4)58-69-63(66)55-50-45-40-35-30-25-19-17-15-14-16-18-24-28-33-38-43-48-53-60(5)7-2/h59-61H,6-58H2,1-5H3/t60?,61-/m1/s1. The number of esters is 3. The zero-order valence-electron chi connectivity index (χ0n) is 48.2. The lowest BCUT2D eigenvalue weighted by molar-refractivity contribution is -0.167. The van der Waals surface area contributed by atoms with Gasteiger partial charge in [0.1, 0.15) is 13.2 Å². The largest absolute Gasteiger partial charge is 0.462 e. The molecule has 0 aromatic rings. The van der Waals surface area contributed by atoms with Crippen molar-refractivity contribution in [3.05, 3.63) is 0 Å². The Kier molecular flexibility index (Phi) is 55.4. The Bertz CT molecular complexity index is 1070. The van der Waals surface area contributed by atoms with Gasteiger partial charge in [-0.05, 0) is 31.1 Å². The van der Waals surface area contributed by atoms with E-state index in [1.54, 1.807) is 0 Å². The third-order valence-corrected chi connectivity index (χ3v) is 15.1. The molecule has 0 aromatic heterocycles. The van der Waals surface area contributed by atoms with Crippen LogP contribution in [0.15, 0.2) is 0 Å². The molecular formula is C64H124O6. The molecule has 0 aliphatic carbocycles. The molecule has 0 radical (unpaired) electrons. The number of carbonyl (C=O) groups excluding carboxylic acids is 3. The van der Waals surface area contributed by atoms with Gasteiger partial charge >= 0.3 is 17.9 Å². The van der Waals surface area contributed by atoms with Crippen LogP contribution in [0.3, 0.4) is 0 Å². The number of hydrogen-bond acceptors (Lipinski definition) is 6. The van der Waals surface area contributed by atoms with Gasteiger partial charge in [-0.3, -0.25) is 14.4 Å². The Labute approximate surface area is 438 Å². The molecule has 0 aliphatic heterocycles. The SMILES string of the molecule is CCCCCCCCCCCCCCCC(=O)OC[C@H](COC(=O)CCCCCCCCCCCCCCCCCCCCC(C)CC)OC(=O)CCCCCCCCCCCCCCCCC(C)C. The van der Waals surface area contributed by atoms with Crippen molar-refractivity contribution in [3.63, 3.8) is 0 Å². The molecular weight excluding hydrogens is 865 g/mol. The summed E-state index contributed by atoms with van der Waals surface area (Å²) in [5.74, 6) is 0.921. The maximum Gasteiger partial charge on any atom is 0.306 e. The summed E-state index contributed by atoms with van der Waals surface area (Å²) >= 11 is 0. The van der Waals surface area contributed by atoms with Gasteiger partial charge in [0.25, 0.3) is 0 Å². The number of ether oxygens (including phenoxy) is 3. The molecule has 1 unspecified atom stereocenters. The predicted octanol–water partition coefficient (Wildman–Crippen LogP) is 21.2. The first-order chi connectivity index (χ1) is 34.3. The first-order valence-corrected chi connectivity index (χ1v) is 31.8. The third-order valence-electron chi connectivity index (χ3n) is 15.1.